The average Bonchev–Trinajstić information content (AvgIpc) is 2.69. The minimum absolute atomic E-state index is 0.0394. The highest BCUT2D eigenvalue weighted by molar-refractivity contribution is 5.72. The summed E-state index contributed by atoms with van der Waals surface area (Å²) in [6, 6.07) is 7.64. The predicted octanol–water partition coefficient (Wildman–Crippen LogP) is 1.54. The molecule has 4 nitrogen and oxygen atoms in total. The molecule has 2 aromatic rings. The Hall–Kier alpha value is -1.68. The van der Waals surface area contributed by atoms with Crippen LogP contribution in [0, 0.1) is 0 Å². The number of fused-ring (bicyclic) bond motifs is 1. The molecule has 0 radical (unpaired) electrons. The van der Waals surface area contributed by atoms with Gasteiger partial charge in [0.05, 0.1) is 6.04 Å². The quantitative estimate of drug-likeness (QED) is 0.767. The maximum atomic E-state index is 8.89. The molecule has 1 aromatic heterocycles. The molecule has 0 aliphatic carbocycles. The number of nitrogens with zero attached hydrogens (tertiary/aromatic N) is 3. The Bertz CT molecular complexity index is 431. The van der Waals surface area contributed by atoms with Crippen molar-refractivity contribution in [1.82, 2.24) is 15.0 Å². The predicted molar refractivity (Wildman–Crippen MR) is 58.5 cm³/mol. The van der Waals surface area contributed by atoms with Crippen LogP contribution in [0.4, 0.5) is 0 Å². The van der Waals surface area contributed by atoms with E-state index in [0.717, 1.165) is 11.0 Å². The van der Waals surface area contributed by atoms with Gasteiger partial charge in [0.2, 0.25) is 0 Å². The monoisotopic (exact) mass is 203 g/mol. The van der Waals surface area contributed by atoms with Gasteiger partial charge < -0.3 is 5.11 Å². The summed E-state index contributed by atoms with van der Waals surface area (Å²) in [5.74, 6) is 0. The van der Waals surface area contributed by atoms with Crippen LogP contribution in [0.3, 0.4) is 0 Å². The molecule has 0 saturated heterocycles. The number of hydrogen-bond donors (Lipinski definition) is 1. The number of hydrogen-bond acceptors (Lipinski definition) is 3. The third-order valence-electron chi connectivity index (χ3n) is 2.30. The molecule has 0 amide bonds. The second kappa shape index (κ2) is 4.23. The zero-order valence-corrected chi connectivity index (χ0v) is 8.37. The van der Waals surface area contributed by atoms with Crippen molar-refractivity contribution in [2.75, 3.05) is 6.61 Å². The number of benzene rings is 1. The third kappa shape index (κ3) is 1.89. The van der Waals surface area contributed by atoms with Crippen molar-refractivity contribution in [1.29, 1.82) is 0 Å². The van der Waals surface area contributed by atoms with Gasteiger partial charge in [-0.3, -0.25) is 0 Å². The normalized spacial score (nSPS) is 12.9. The third-order valence-corrected chi connectivity index (χ3v) is 2.30. The first-order valence-corrected chi connectivity index (χ1v) is 4.90. The molecule has 0 aliphatic rings. The van der Waals surface area contributed by atoms with Crippen molar-refractivity contribution >= 4 is 11.0 Å². The van der Waals surface area contributed by atoms with Crippen LogP contribution in [0.25, 0.3) is 11.0 Å². The molecular formula is C11H13N3O. The van der Waals surface area contributed by atoms with Gasteiger partial charge >= 0.3 is 0 Å². The van der Waals surface area contributed by atoms with Crippen LogP contribution in [0.15, 0.2) is 36.9 Å². The van der Waals surface area contributed by atoms with Crippen molar-refractivity contribution in [3.63, 3.8) is 0 Å². The van der Waals surface area contributed by atoms with Crippen LogP contribution in [-0.4, -0.2) is 26.7 Å². The van der Waals surface area contributed by atoms with Crippen LogP contribution < -0.4 is 0 Å². The Kier molecular flexibility index (Phi) is 2.78. The Labute approximate surface area is 87.8 Å². The largest absolute Gasteiger partial charge is 0.396 e. The summed E-state index contributed by atoms with van der Waals surface area (Å²) in [6.07, 6.45) is 2.33. The Morgan fingerprint density at radius 1 is 1.33 bits per heavy atom. The maximum Gasteiger partial charge on any atom is 0.113 e. The summed E-state index contributed by atoms with van der Waals surface area (Å²) in [5.41, 5.74) is 1.73. The minimum Gasteiger partial charge on any atom is -0.396 e. The first-order valence-electron chi connectivity index (χ1n) is 4.90. The maximum absolute atomic E-state index is 8.89. The molecule has 1 unspecified atom stereocenters. The van der Waals surface area contributed by atoms with Crippen LogP contribution in [-0.2, 0) is 0 Å². The van der Waals surface area contributed by atoms with E-state index in [1.165, 1.54) is 0 Å². The van der Waals surface area contributed by atoms with E-state index in [2.05, 4.69) is 16.8 Å². The number of aliphatic hydroxyl groups excluding tert-OH is 1. The molecule has 0 spiro atoms. The van der Waals surface area contributed by atoms with Crippen molar-refractivity contribution in [2.24, 2.45) is 0 Å². The fraction of sp³-hybridized carbons (Fsp3) is 0.273. The lowest BCUT2D eigenvalue weighted by Gasteiger charge is -2.08. The molecule has 0 bridgehead atoms. The highest BCUT2D eigenvalue weighted by atomic mass is 16.3. The van der Waals surface area contributed by atoms with Crippen LogP contribution in [0.1, 0.15) is 12.5 Å². The summed E-state index contributed by atoms with van der Waals surface area (Å²) in [5, 5.41) is 17.5. The molecule has 0 aliphatic heterocycles. The van der Waals surface area contributed by atoms with Crippen molar-refractivity contribution in [3.05, 3.63) is 36.9 Å². The molecular weight excluding hydrogens is 190 g/mol. The van der Waals surface area contributed by atoms with E-state index in [9.17, 15) is 0 Å². The molecule has 0 fully saturated rings. The molecule has 2 rings (SSSR count). The van der Waals surface area contributed by atoms with Gasteiger partial charge in [0.25, 0.3) is 0 Å². The lowest BCUT2D eigenvalue weighted by atomic mass is 10.2. The number of aliphatic hydroxyl groups is 1. The Morgan fingerprint density at radius 3 is 2.40 bits per heavy atom. The minimum atomic E-state index is -0.0394. The summed E-state index contributed by atoms with van der Waals surface area (Å²) >= 11 is 0. The molecule has 1 heterocycles. The molecule has 78 valence electrons. The lowest BCUT2D eigenvalue weighted by Crippen LogP contribution is -2.11. The van der Waals surface area contributed by atoms with E-state index < -0.39 is 0 Å². The van der Waals surface area contributed by atoms with E-state index in [1.54, 1.807) is 10.9 Å². The fourth-order valence-electron chi connectivity index (χ4n) is 1.48. The Morgan fingerprint density at radius 2 is 1.93 bits per heavy atom. The first kappa shape index (κ1) is 9.86. The molecule has 1 aromatic carbocycles. The van der Waals surface area contributed by atoms with Crippen LogP contribution in [0.5, 0.6) is 0 Å². The molecule has 4 heteroatoms. The summed E-state index contributed by atoms with van der Waals surface area (Å²) in [6.45, 7) is 3.82. The second-order valence-corrected chi connectivity index (χ2v) is 3.32. The van der Waals surface area contributed by atoms with Crippen molar-refractivity contribution < 1.29 is 5.11 Å². The SMILES string of the molecule is C=CC(CCO)n1nc2ccccc2n1. The van der Waals surface area contributed by atoms with Gasteiger partial charge in [-0.1, -0.05) is 18.2 Å². The lowest BCUT2D eigenvalue weighted by molar-refractivity contribution is 0.260. The zero-order valence-electron chi connectivity index (χ0n) is 8.37. The van der Waals surface area contributed by atoms with Crippen molar-refractivity contribution in [2.45, 2.75) is 12.5 Å². The van der Waals surface area contributed by atoms with Gasteiger partial charge in [-0.2, -0.15) is 15.0 Å². The van der Waals surface area contributed by atoms with Gasteiger partial charge in [-0.25, -0.2) is 0 Å². The van der Waals surface area contributed by atoms with E-state index in [0.29, 0.717) is 6.42 Å². The van der Waals surface area contributed by atoms with E-state index in [-0.39, 0.29) is 12.6 Å². The fourth-order valence-corrected chi connectivity index (χ4v) is 1.48. The van der Waals surface area contributed by atoms with Gasteiger partial charge in [0.15, 0.2) is 0 Å². The zero-order chi connectivity index (χ0) is 10.7. The van der Waals surface area contributed by atoms with Crippen LogP contribution >= 0.6 is 0 Å². The molecule has 1 N–H and O–H groups in total. The Balaban J connectivity index is 2.38. The van der Waals surface area contributed by atoms with Crippen molar-refractivity contribution in [3.8, 4) is 0 Å². The van der Waals surface area contributed by atoms with E-state index in [4.69, 9.17) is 5.11 Å². The van der Waals surface area contributed by atoms with E-state index >= 15 is 0 Å². The molecule has 1 atom stereocenters. The number of allylic oxidation sites excluding steroid dienone is 1. The second-order valence-electron chi connectivity index (χ2n) is 3.32. The highest BCUT2D eigenvalue weighted by Gasteiger charge is 2.09. The van der Waals surface area contributed by atoms with E-state index in [1.807, 2.05) is 24.3 Å². The smallest absolute Gasteiger partial charge is 0.113 e. The first-order chi connectivity index (χ1) is 7.35. The highest BCUT2D eigenvalue weighted by Crippen LogP contribution is 2.14. The summed E-state index contributed by atoms with van der Waals surface area (Å²) in [7, 11) is 0. The van der Waals surface area contributed by atoms with Gasteiger partial charge in [0, 0.05) is 6.61 Å². The van der Waals surface area contributed by atoms with Gasteiger partial charge in [-0.05, 0) is 18.6 Å². The standard InChI is InChI=1S/C11H13N3O/c1-2-9(7-8-15)14-12-10-5-3-4-6-11(10)13-14/h2-6,9,15H,1,7-8H2. The summed E-state index contributed by atoms with van der Waals surface area (Å²) < 4.78 is 0. The summed E-state index contributed by atoms with van der Waals surface area (Å²) in [4.78, 5) is 1.61. The topological polar surface area (TPSA) is 50.9 Å². The van der Waals surface area contributed by atoms with Gasteiger partial charge in [-0.15, -0.1) is 6.58 Å². The number of aromatic nitrogens is 3. The average molecular weight is 203 g/mol. The number of rotatable bonds is 4. The molecule has 0 saturated carbocycles. The van der Waals surface area contributed by atoms with Gasteiger partial charge in [0.1, 0.15) is 11.0 Å². The molecule has 15 heavy (non-hydrogen) atoms. The van der Waals surface area contributed by atoms with Crippen LogP contribution in [0.2, 0.25) is 0 Å².